The second kappa shape index (κ2) is 6.29. The quantitative estimate of drug-likeness (QED) is 0.912. The molecule has 2 heterocycles. The van der Waals surface area contributed by atoms with E-state index >= 15 is 0 Å². The number of aryl methyl sites for hydroxylation is 1. The minimum Gasteiger partial charge on any atom is -0.481 e. The Morgan fingerprint density at radius 3 is 2.61 bits per heavy atom. The van der Waals surface area contributed by atoms with Gasteiger partial charge in [0.2, 0.25) is 0 Å². The van der Waals surface area contributed by atoms with Crippen LogP contribution in [0.2, 0.25) is 0 Å². The van der Waals surface area contributed by atoms with E-state index in [4.69, 9.17) is 5.11 Å². The first-order valence-corrected chi connectivity index (χ1v) is 7.42. The molecule has 0 aromatic carbocycles. The van der Waals surface area contributed by atoms with Gasteiger partial charge in [-0.2, -0.15) is 0 Å². The number of aliphatic carboxylic acids is 1. The zero-order chi connectivity index (χ0) is 13.0. The molecule has 1 unspecified atom stereocenters. The Kier molecular flexibility index (Phi) is 4.72. The van der Waals surface area contributed by atoms with Crippen LogP contribution in [0.25, 0.3) is 0 Å². The van der Waals surface area contributed by atoms with Gasteiger partial charge in [-0.3, -0.25) is 9.69 Å². The van der Waals surface area contributed by atoms with E-state index in [-0.39, 0.29) is 12.5 Å². The Hall–Kier alpha value is -0.940. The third-order valence-corrected chi connectivity index (χ3v) is 4.44. The van der Waals surface area contributed by atoms with Crippen LogP contribution in [0.15, 0.2) is 5.38 Å². The van der Waals surface area contributed by atoms with E-state index in [1.54, 1.807) is 11.3 Å². The van der Waals surface area contributed by atoms with Crippen molar-refractivity contribution in [2.75, 3.05) is 13.1 Å². The first kappa shape index (κ1) is 13.5. The summed E-state index contributed by atoms with van der Waals surface area (Å²) in [5, 5.41) is 12.1. The SMILES string of the molecule is Cc1csc(C(CC(=O)O)N2CCCCCC2)n1. The molecule has 0 saturated carbocycles. The Morgan fingerprint density at radius 1 is 1.44 bits per heavy atom. The standard InChI is InChI=1S/C13H20N2O2S/c1-10-9-18-13(14-10)11(8-12(16)17)15-6-4-2-3-5-7-15/h9,11H,2-8H2,1H3,(H,16,17). The van der Waals surface area contributed by atoms with Crippen LogP contribution in [0.4, 0.5) is 0 Å². The van der Waals surface area contributed by atoms with Gasteiger partial charge >= 0.3 is 5.97 Å². The van der Waals surface area contributed by atoms with E-state index in [0.29, 0.717) is 0 Å². The molecule has 1 N–H and O–H groups in total. The molecule has 0 aliphatic carbocycles. The number of rotatable bonds is 4. The van der Waals surface area contributed by atoms with Crippen molar-refractivity contribution in [3.05, 3.63) is 16.1 Å². The van der Waals surface area contributed by atoms with Gasteiger partial charge < -0.3 is 5.11 Å². The van der Waals surface area contributed by atoms with Crippen LogP contribution >= 0.6 is 11.3 Å². The van der Waals surface area contributed by atoms with Crippen molar-refractivity contribution >= 4 is 17.3 Å². The van der Waals surface area contributed by atoms with Crippen molar-refractivity contribution in [2.45, 2.75) is 45.1 Å². The molecule has 0 bridgehead atoms. The van der Waals surface area contributed by atoms with Gasteiger partial charge in [0.25, 0.3) is 0 Å². The summed E-state index contributed by atoms with van der Waals surface area (Å²) in [6.45, 7) is 3.95. The largest absolute Gasteiger partial charge is 0.481 e. The predicted octanol–water partition coefficient (Wildman–Crippen LogP) is 2.84. The van der Waals surface area contributed by atoms with Crippen molar-refractivity contribution < 1.29 is 9.90 Å². The molecule has 0 radical (unpaired) electrons. The summed E-state index contributed by atoms with van der Waals surface area (Å²) in [6.07, 6.45) is 5.01. The molecule has 4 nitrogen and oxygen atoms in total. The van der Waals surface area contributed by atoms with Crippen molar-refractivity contribution in [2.24, 2.45) is 0 Å². The van der Waals surface area contributed by atoms with Gasteiger partial charge in [0.1, 0.15) is 5.01 Å². The zero-order valence-electron chi connectivity index (χ0n) is 10.8. The maximum absolute atomic E-state index is 11.1. The lowest BCUT2D eigenvalue weighted by Gasteiger charge is -2.27. The third kappa shape index (κ3) is 3.53. The number of carboxylic acid groups (broad SMARTS) is 1. The predicted molar refractivity (Wildman–Crippen MR) is 71.9 cm³/mol. The van der Waals surface area contributed by atoms with E-state index in [1.165, 1.54) is 25.7 Å². The highest BCUT2D eigenvalue weighted by molar-refractivity contribution is 7.09. The molecular weight excluding hydrogens is 248 g/mol. The van der Waals surface area contributed by atoms with Gasteiger partial charge in [-0.15, -0.1) is 11.3 Å². The molecule has 1 fully saturated rings. The average Bonchev–Trinajstić information content (AvgIpc) is 2.60. The summed E-state index contributed by atoms with van der Waals surface area (Å²) in [5.41, 5.74) is 0.986. The van der Waals surface area contributed by atoms with Crippen molar-refractivity contribution in [1.82, 2.24) is 9.88 Å². The second-order valence-electron chi connectivity index (χ2n) is 4.89. The number of hydrogen-bond donors (Lipinski definition) is 1. The van der Waals surface area contributed by atoms with Crippen molar-refractivity contribution in [3.8, 4) is 0 Å². The number of carboxylic acids is 1. The van der Waals surface area contributed by atoms with Crippen LogP contribution in [0.1, 0.15) is 48.8 Å². The van der Waals surface area contributed by atoms with Gasteiger partial charge in [-0.1, -0.05) is 12.8 Å². The monoisotopic (exact) mass is 268 g/mol. The van der Waals surface area contributed by atoms with E-state index in [0.717, 1.165) is 23.8 Å². The second-order valence-corrected chi connectivity index (χ2v) is 5.78. The highest BCUT2D eigenvalue weighted by Gasteiger charge is 2.26. The summed E-state index contributed by atoms with van der Waals surface area (Å²) in [4.78, 5) is 17.9. The van der Waals surface area contributed by atoms with Gasteiger partial charge in [-0.05, 0) is 32.9 Å². The number of likely N-dealkylation sites (tertiary alicyclic amines) is 1. The normalized spacial score (nSPS) is 19.4. The molecule has 1 aromatic heterocycles. The van der Waals surface area contributed by atoms with Gasteiger partial charge in [0, 0.05) is 11.1 Å². The highest BCUT2D eigenvalue weighted by atomic mass is 32.1. The molecule has 0 amide bonds. The van der Waals surface area contributed by atoms with Crippen molar-refractivity contribution in [1.29, 1.82) is 0 Å². The number of aromatic nitrogens is 1. The smallest absolute Gasteiger partial charge is 0.305 e. The number of thiazole rings is 1. The summed E-state index contributed by atoms with van der Waals surface area (Å²) < 4.78 is 0. The topological polar surface area (TPSA) is 53.4 Å². The molecule has 1 aromatic rings. The maximum atomic E-state index is 11.1. The summed E-state index contributed by atoms with van der Waals surface area (Å²) in [6, 6.07) is -0.0423. The Morgan fingerprint density at radius 2 is 2.11 bits per heavy atom. The van der Waals surface area contributed by atoms with E-state index in [2.05, 4.69) is 9.88 Å². The lowest BCUT2D eigenvalue weighted by molar-refractivity contribution is -0.138. The fourth-order valence-corrected chi connectivity index (χ4v) is 3.40. The molecule has 18 heavy (non-hydrogen) atoms. The minimum absolute atomic E-state index is 0.0423. The summed E-state index contributed by atoms with van der Waals surface area (Å²) in [7, 11) is 0. The van der Waals surface area contributed by atoms with Crippen LogP contribution in [0, 0.1) is 6.92 Å². The molecule has 1 atom stereocenters. The van der Waals surface area contributed by atoms with Crippen LogP contribution < -0.4 is 0 Å². The lowest BCUT2D eigenvalue weighted by Crippen LogP contribution is -2.31. The maximum Gasteiger partial charge on any atom is 0.305 e. The molecule has 2 rings (SSSR count). The van der Waals surface area contributed by atoms with E-state index in [9.17, 15) is 4.79 Å². The van der Waals surface area contributed by atoms with Crippen LogP contribution in [-0.2, 0) is 4.79 Å². The fraction of sp³-hybridized carbons (Fsp3) is 0.692. The lowest BCUT2D eigenvalue weighted by atomic mass is 10.1. The molecule has 1 aliphatic rings. The first-order valence-electron chi connectivity index (χ1n) is 6.54. The first-order chi connectivity index (χ1) is 8.66. The van der Waals surface area contributed by atoms with Gasteiger partial charge in [0.15, 0.2) is 0 Å². The zero-order valence-corrected chi connectivity index (χ0v) is 11.6. The number of hydrogen-bond acceptors (Lipinski definition) is 4. The molecule has 5 heteroatoms. The molecule has 1 saturated heterocycles. The van der Waals surface area contributed by atoms with Crippen molar-refractivity contribution in [3.63, 3.8) is 0 Å². The summed E-state index contributed by atoms with van der Waals surface area (Å²) in [5.74, 6) is -0.739. The average molecular weight is 268 g/mol. The van der Waals surface area contributed by atoms with Crippen LogP contribution in [0.5, 0.6) is 0 Å². The molecule has 1 aliphatic heterocycles. The number of nitrogens with zero attached hydrogens (tertiary/aromatic N) is 2. The van der Waals surface area contributed by atoms with E-state index < -0.39 is 5.97 Å². The van der Waals surface area contributed by atoms with Crippen LogP contribution in [0.3, 0.4) is 0 Å². The Labute approximate surface area is 112 Å². The minimum atomic E-state index is -0.739. The Bertz CT molecular complexity index is 397. The van der Waals surface area contributed by atoms with Gasteiger partial charge in [-0.25, -0.2) is 4.98 Å². The fourth-order valence-electron chi connectivity index (χ4n) is 2.47. The van der Waals surface area contributed by atoms with E-state index in [1.807, 2.05) is 12.3 Å². The third-order valence-electron chi connectivity index (χ3n) is 3.37. The molecule has 0 spiro atoms. The highest BCUT2D eigenvalue weighted by Crippen LogP contribution is 2.29. The number of carbonyl (C=O) groups is 1. The molecule has 100 valence electrons. The summed E-state index contributed by atoms with van der Waals surface area (Å²) >= 11 is 1.58. The van der Waals surface area contributed by atoms with Gasteiger partial charge in [0.05, 0.1) is 12.5 Å². The van der Waals surface area contributed by atoms with Crippen LogP contribution in [-0.4, -0.2) is 34.0 Å². The Balaban J connectivity index is 2.15. The molecular formula is C13H20N2O2S.